The number of nitrogens with one attached hydrogen (secondary N) is 1. The summed E-state index contributed by atoms with van der Waals surface area (Å²) in [5, 5.41) is 3.44. The van der Waals surface area contributed by atoms with Crippen molar-refractivity contribution in [3.8, 4) is 18.1 Å². The van der Waals surface area contributed by atoms with Crippen molar-refractivity contribution < 1.29 is 4.74 Å². The van der Waals surface area contributed by atoms with Gasteiger partial charge in [0.05, 0.1) is 7.11 Å². The second-order valence-electron chi connectivity index (χ2n) is 3.64. The molecule has 0 radical (unpaired) electrons. The Bertz CT molecular complexity index is 337. The molecule has 0 amide bonds. The summed E-state index contributed by atoms with van der Waals surface area (Å²) >= 11 is 0. The maximum Gasteiger partial charge on any atom is 0.118 e. The van der Waals surface area contributed by atoms with Gasteiger partial charge in [0.1, 0.15) is 5.75 Å². The van der Waals surface area contributed by atoms with Crippen LogP contribution in [0.1, 0.15) is 31.4 Å². The quantitative estimate of drug-likeness (QED) is 0.584. The smallest absolute Gasteiger partial charge is 0.118 e. The minimum Gasteiger partial charge on any atom is -0.497 e. The SMILES string of the molecule is C#CCCNC(CC)c1ccc(OC)cc1. The lowest BCUT2D eigenvalue weighted by Crippen LogP contribution is -2.21. The number of ether oxygens (including phenoxy) is 1. The van der Waals surface area contributed by atoms with Crippen molar-refractivity contribution in [3.63, 3.8) is 0 Å². The average molecular weight is 217 g/mol. The summed E-state index contributed by atoms with van der Waals surface area (Å²) in [6.45, 7) is 3.03. The second kappa shape index (κ2) is 6.92. The van der Waals surface area contributed by atoms with Crippen molar-refractivity contribution in [3.05, 3.63) is 29.8 Å². The maximum absolute atomic E-state index is 5.23. The third-order valence-electron chi connectivity index (χ3n) is 2.59. The van der Waals surface area contributed by atoms with Gasteiger partial charge >= 0.3 is 0 Å². The number of benzene rings is 1. The first-order valence-corrected chi connectivity index (χ1v) is 5.62. The molecule has 2 heteroatoms. The molecule has 1 unspecified atom stereocenters. The van der Waals surface area contributed by atoms with Crippen LogP contribution in [0.5, 0.6) is 5.75 Å². The van der Waals surface area contributed by atoms with Crippen LogP contribution in [0.15, 0.2) is 24.3 Å². The van der Waals surface area contributed by atoms with E-state index in [2.05, 4.69) is 30.3 Å². The molecule has 1 N–H and O–H groups in total. The third kappa shape index (κ3) is 3.60. The van der Waals surface area contributed by atoms with Crippen molar-refractivity contribution in [2.24, 2.45) is 0 Å². The van der Waals surface area contributed by atoms with Crippen LogP contribution in [0.4, 0.5) is 0 Å². The number of methoxy groups -OCH3 is 1. The summed E-state index contributed by atoms with van der Waals surface area (Å²) in [4.78, 5) is 0. The van der Waals surface area contributed by atoms with Gasteiger partial charge in [-0.3, -0.25) is 0 Å². The average Bonchev–Trinajstić information content (AvgIpc) is 2.35. The summed E-state index contributed by atoms with van der Waals surface area (Å²) in [5.41, 5.74) is 1.28. The van der Waals surface area contributed by atoms with Gasteiger partial charge < -0.3 is 10.1 Å². The minimum atomic E-state index is 0.374. The standard InChI is InChI=1S/C14H19NO/c1-4-6-11-15-14(5-2)12-7-9-13(16-3)10-8-12/h1,7-10,14-15H,5-6,11H2,2-3H3. The molecule has 2 nitrogen and oxygen atoms in total. The van der Waals surface area contributed by atoms with Gasteiger partial charge in [0.25, 0.3) is 0 Å². The van der Waals surface area contributed by atoms with E-state index < -0.39 is 0 Å². The fraction of sp³-hybridized carbons (Fsp3) is 0.429. The molecule has 0 bridgehead atoms. The number of hydrogen-bond donors (Lipinski definition) is 1. The molecule has 86 valence electrons. The molecule has 0 saturated heterocycles. The van der Waals surface area contributed by atoms with Crippen molar-refractivity contribution in [1.29, 1.82) is 0 Å². The monoisotopic (exact) mass is 217 g/mol. The van der Waals surface area contributed by atoms with Gasteiger partial charge in [-0.2, -0.15) is 0 Å². The summed E-state index contributed by atoms with van der Waals surface area (Å²) in [6.07, 6.45) is 7.05. The molecule has 0 aromatic heterocycles. The number of hydrogen-bond acceptors (Lipinski definition) is 2. The van der Waals surface area contributed by atoms with E-state index in [4.69, 9.17) is 11.2 Å². The highest BCUT2D eigenvalue weighted by atomic mass is 16.5. The van der Waals surface area contributed by atoms with Crippen LogP contribution >= 0.6 is 0 Å². The lowest BCUT2D eigenvalue weighted by atomic mass is 10.0. The Hall–Kier alpha value is -1.46. The molecule has 1 aromatic rings. The molecule has 1 atom stereocenters. The Labute approximate surface area is 98.0 Å². The zero-order chi connectivity index (χ0) is 11.8. The second-order valence-corrected chi connectivity index (χ2v) is 3.64. The molecule has 16 heavy (non-hydrogen) atoms. The van der Waals surface area contributed by atoms with Gasteiger partial charge in [0.2, 0.25) is 0 Å². The van der Waals surface area contributed by atoms with Crippen LogP contribution in [-0.4, -0.2) is 13.7 Å². The van der Waals surface area contributed by atoms with Gasteiger partial charge in [-0.15, -0.1) is 12.3 Å². The van der Waals surface area contributed by atoms with Crippen molar-refractivity contribution >= 4 is 0 Å². The highest BCUT2D eigenvalue weighted by molar-refractivity contribution is 5.29. The molecular formula is C14H19NO. The molecule has 0 heterocycles. The van der Waals surface area contributed by atoms with Crippen LogP contribution in [-0.2, 0) is 0 Å². The fourth-order valence-electron chi connectivity index (χ4n) is 1.65. The summed E-state index contributed by atoms with van der Waals surface area (Å²) in [5.74, 6) is 3.53. The predicted molar refractivity (Wildman–Crippen MR) is 67.5 cm³/mol. The van der Waals surface area contributed by atoms with Gasteiger partial charge in [0.15, 0.2) is 0 Å². The van der Waals surface area contributed by atoms with E-state index in [0.29, 0.717) is 6.04 Å². The lowest BCUT2D eigenvalue weighted by Gasteiger charge is -2.17. The molecule has 0 saturated carbocycles. The zero-order valence-corrected chi connectivity index (χ0v) is 9.99. The summed E-state index contributed by atoms with van der Waals surface area (Å²) < 4.78 is 5.13. The highest BCUT2D eigenvalue weighted by Crippen LogP contribution is 2.19. The van der Waals surface area contributed by atoms with Crippen LogP contribution in [0.25, 0.3) is 0 Å². The first kappa shape index (κ1) is 12.6. The zero-order valence-electron chi connectivity index (χ0n) is 9.99. The number of terminal acetylenes is 1. The molecule has 0 aliphatic rings. The van der Waals surface area contributed by atoms with Crippen LogP contribution in [0, 0.1) is 12.3 Å². The van der Waals surface area contributed by atoms with E-state index in [-0.39, 0.29) is 0 Å². The van der Waals surface area contributed by atoms with E-state index in [1.54, 1.807) is 7.11 Å². The first-order valence-electron chi connectivity index (χ1n) is 5.62. The number of rotatable bonds is 6. The van der Waals surface area contributed by atoms with Crippen molar-refractivity contribution in [1.82, 2.24) is 5.32 Å². The van der Waals surface area contributed by atoms with Crippen LogP contribution < -0.4 is 10.1 Å². The Kier molecular flexibility index (Phi) is 5.45. The highest BCUT2D eigenvalue weighted by Gasteiger charge is 2.07. The van der Waals surface area contributed by atoms with E-state index in [1.165, 1.54) is 5.56 Å². The molecular weight excluding hydrogens is 198 g/mol. The Morgan fingerprint density at radius 1 is 1.38 bits per heavy atom. The fourth-order valence-corrected chi connectivity index (χ4v) is 1.65. The van der Waals surface area contributed by atoms with Gasteiger partial charge in [-0.25, -0.2) is 0 Å². The van der Waals surface area contributed by atoms with Crippen LogP contribution in [0.2, 0.25) is 0 Å². The normalized spacial score (nSPS) is 11.8. The largest absolute Gasteiger partial charge is 0.497 e. The van der Waals surface area contributed by atoms with Gasteiger partial charge in [0, 0.05) is 19.0 Å². The summed E-state index contributed by atoms with van der Waals surface area (Å²) in [7, 11) is 1.68. The van der Waals surface area contributed by atoms with Gasteiger partial charge in [-0.05, 0) is 24.1 Å². The van der Waals surface area contributed by atoms with Crippen LogP contribution in [0.3, 0.4) is 0 Å². The maximum atomic E-state index is 5.23. The van der Waals surface area contributed by atoms with Crippen molar-refractivity contribution in [2.45, 2.75) is 25.8 Å². The molecule has 0 spiro atoms. The molecule has 0 aliphatic carbocycles. The molecule has 0 aliphatic heterocycles. The van der Waals surface area contributed by atoms with Gasteiger partial charge in [-0.1, -0.05) is 19.1 Å². The first-order chi connectivity index (χ1) is 7.81. The minimum absolute atomic E-state index is 0.374. The van der Waals surface area contributed by atoms with E-state index in [1.807, 2.05) is 12.1 Å². The predicted octanol–water partition coefficient (Wildman–Crippen LogP) is 2.76. The van der Waals surface area contributed by atoms with E-state index in [9.17, 15) is 0 Å². The molecule has 1 rings (SSSR count). The summed E-state index contributed by atoms with van der Waals surface area (Å²) in [6, 6.07) is 8.53. The molecule has 0 fully saturated rings. The Morgan fingerprint density at radius 3 is 2.56 bits per heavy atom. The Morgan fingerprint density at radius 2 is 2.06 bits per heavy atom. The van der Waals surface area contributed by atoms with E-state index in [0.717, 1.165) is 25.1 Å². The topological polar surface area (TPSA) is 21.3 Å². The molecule has 1 aromatic carbocycles. The van der Waals surface area contributed by atoms with Crippen molar-refractivity contribution in [2.75, 3.05) is 13.7 Å². The van der Waals surface area contributed by atoms with E-state index >= 15 is 0 Å². The Balaban J connectivity index is 2.60. The third-order valence-corrected chi connectivity index (χ3v) is 2.59. The lowest BCUT2D eigenvalue weighted by molar-refractivity contribution is 0.414.